The monoisotopic (exact) mass is 323 g/mol. The number of halogens is 2. The molecular formula is C15H15BrFNO. The minimum atomic E-state index is -0.427. The molecule has 1 atom stereocenters. The molecule has 2 rings (SSSR count). The second-order valence-electron chi connectivity index (χ2n) is 4.45. The normalized spacial score (nSPS) is 12.3. The summed E-state index contributed by atoms with van der Waals surface area (Å²) in [5, 5.41) is 0. The Bertz CT molecular complexity index is 599. The maximum absolute atomic E-state index is 13.8. The van der Waals surface area contributed by atoms with Gasteiger partial charge in [-0.15, -0.1) is 0 Å². The summed E-state index contributed by atoms with van der Waals surface area (Å²) in [5.41, 5.74) is 7.17. The van der Waals surface area contributed by atoms with Gasteiger partial charge in [-0.25, -0.2) is 4.39 Å². The molecule has 2 aromatic rings. The van der Waals surface area contributed by atoms with Gasteiger partial charge in [0.05, 0.1) is 0 Å². The van der Waals surface area contributed by atoms with Gasteiger partial charge in [0.25, 0.3) is 0 Å². The Morgan fingerprint density at radius 3 is 2.63 bits per heavy atom. The fraction of sp³-hybridized carbons (Fsp3) is 0.200. The third kappa shape index (κ3) is 3.14. The lowest BCUT2D eigenvalue weighted by Crippen LogP contribution is -2.09. The maximum Gasteiger partial charge on any atom is 0.135 e. The van der Waals surface area contributed by atoms with Crippen LogP contribution in [0.4, 0.5) is 4.39 Å². The van der Waals surface area contributed by atoms with Crippen LogP contribution in [0.5, 0.6) is 11.5 Å². The van der Waals surface area contributed by atoms with Crippen LogP contribution in [-0.4, -0.2) is 0 Å². The van der Waals surface area contributed by atoms with Gasteiger partial charge in [0.2, 0.25) is 0 Å². The molecule has 0 heterocycles. The van der Waals surface area contributed by atoms with Crippen LogP contribution in [0.15, 0.2) is 40.9 Å². The number of ether oxygens (including phenoxy) is 1. The van der Waals surface area contributed by atoms with Crippen molar-refractivity contribution in [3.05, 3.63) is 57.8 Å². The molecule has 0 spiro atoms. The molecule has 0 saturated heterocycles. The summed E-state index contributed by atoms with van der Waals surface area (Å²) < 4.78 is 20.5. The lowest BCUT2D eigenvalue weighted by atomic mass is 10.1. The molecule has 0 aromatic heterocycles. The summed E-state index contributed by atoms with van der Waals surface area (Å²) in [6, 6.07) is 10.0. The van der Waals surface area contributed by atoms with Gasteiger partial charge in [0, 0.05) is 16.1 Å². The van der Waals surface area contributed by atoms with Crippen molar-refractivity contribution in [2.45, 2.75) is 19.9 Å². The Labute approximate surface area is 120 Å². The van der Waals surface area contributed by atoms with Crippen LogP contribution < -0.4 is 10.5 Å². The second kappa shape index (κ2) is 5.72. The zero-order valence-corrected chi connectivity index (χ0v) is 12.4. The topological polar surface area (TPSA) is 35.2 Å². The molecule has 0 fully saturated rings. The van der Waals surface area contributed by atoms with E-state index in [2.05, 4.69) is 15.9 Å². The number of rotatable bonds is 3. The average molecular weight is 324 g/mol. The summed E-state index contributed by atoms with van der Waals surface area (Å²) in [4.78, 5) is 0. The number of hydrogen-bond donors (Lipinski definition) is 1. The van der Waals surface area contributed by atoms with Crippen LogP contribution in [0.3, 0.4) is 0 Å². The van der Waals surface area contributed by atoms with Crippen molar-refractivity contribution in [1.29, 1.82) is 0 Å². The van der Waals surface area contributed by atoms with Gasteiger partial charge in [-0.2, -0.15) is 0 Å². The molecule has 0 saturated carbocycles. The Hall–Kier alpha value is -1.39. The summed E-state index contributed by atoms with van der Waals surface area (Å²) in [7, 11) is 0. The standard InChI is InChI=1S/C15H15BrFNO/c1-9-6-7-11(16)8-14(9)19-13-5-3-4-12(17)15(13)10(2)18/h3-8,10H,18H2,1-2H3/t10-/m0/s1. The molecule has 0 amide bonds. The molecule has 0 bridgehead atoms. The van der Waals surface area contributed by atoms with E-state index >= 15 is 0 Å². The van der Waals surface area contributed by atoms with Crippen molar-refractivity contribution in [2.24, 2.45) is 5.73 Å². The molecule has 2 nitrogen and oxygen atoms in total. The Morgan fingerprint density at radius 1 is 1.21 bits per heavy atom. The molecule has 0 aliphatic carbocycles. The van der Waals surface area contributed by atoms with Gasteiger partial charge in [-0.1, -0.05) is 28.1 Å². The molecule has 2 N–H and O–H groups in total. The predicted molar refractivity (Wildman–Crippen MR) is 78.0 cm³/mol. The SMILES string of the molecule is Cc1ccc(Br)cc1Oc1cccc(F)c1[C@H](C)N. The van der Waals surface area contributed by atoms with E-state index in [1.165, 1.54) is 6.07 Å². The highest BCUT2D eigenvalue weighted by Crippen LogP contribution is 2.33. The van der Waals surface area contributed by atoms with Crippen molar-refractivity contribution >= 4 is 15.9 Å². The first-order chi connectivity index (χ1) is 8.99. The largest absolute Gasteiger partial charge is 0.457 e. The average Bonchev–Trinajstić information content (AvgIpc) is 2.33. The highest BCUT2D eigenvalue weighted by molar-refractivity contribution is 9.10. The minimum Gasteiger partial charge on any atom is -0.457 e. The van der Waals surface area contributed by atoms with Crippen molar-refractivity contribution < 1.29 is 9.13 Å². The summed E-state index contributed by atoms with van der Waals surface area (Å²) in [6.07, 6.45) is 0. The lowest BCUT2D eigenvalue weighted by Gasteiger charge is -2.15. The molecule has 0 unspecified atom stereocenters. The minimum absolute atomic E-state index is 0.347. The Kier molecular flexibility index (Phi) is 4.22. The van der Waals surface area contributed by atoms with Gasteiger partial charge in [-0.3, -0.25) is 0 Å². The highest BCUT2D eigenvalue weighted by atomic mass is 79.9. The van der Waals surface area contributed by atoms with E-state index in [-0.39, 0.29) is 5.82 Å². The van der Waals surface area contributed by atoms with Crippen LogP contribution >= 0.6 is 15.9 Å². The van der Waals surface area contributed by atoms with E-state index in [1.807, 2.05) is 25.1 Å². The van der Waals surface area contributed by atoms with Crippen molar-refractivity contribution in [3.63, 3.8) is 0 Å². The first-order valence-corrected chi connectivity index (χ1v) is 6.76. The van der Waals surface area contributed by atoms with E-state index in [0.717, 1.165) is 10.0 Å². The van der Waals surface area contributed by atoms with E-state index in [1.54, 1.807) is 19.1 Å². The highest BCUT2D eigenvalue weighted by Gasteiger charge is 2.15. The fourth-order valence-electron chi connectivity index (χ4n) is 1.85. The Morgan fingerprint density at radius 2 is 1.95 bits per heavy atom. The maximum atomic E-state index is 13.8. The fourth-order valence-corrected chi connectivity index (χ4v) is 2.19. The first kappa shape index (κ1) is 14.0. The quantitative estimate of drug-likeness (QED) is 0.887. The first-order valence-electron chi connectivity index (χ1n) is 5.97. The third-order valence-corrected chi connectivity index (χ3v) is 3.33. The smallest absolute Gasteiger partial charge is 0.135 e. The molecule has 4 heteroatoms. The molecule has 0 aliphatic heterocycles. The van der Waals surface area contributed by atoms with Crippen LogP contribution in [0.25, 0.3) is 0 Å². The number of aryl methyl sites for hydroxylation is 1. The molecular weight excluding hydrogens is 309 g/mol. The number of hydrogen-bond acceptors (Lipinski definition) is 2. The lowest BCUT2D eigenvalue weighted by molar-refractivity contribution is 0.457. The summed E-state index contributed by atoms with van der Waals surface area (Å²) >= 11 is 3.39. The Balaban J connectivity index is 2.44. The van der Waals surface area contributed by atoms with Crippen LogP contribution in [0, 0.1) is 12.7 Å². The van der Waals surface area contributed by atoms with E-state index < -0.39 is 6.04 Å². The molecule has 2 aromatic carbocycles. The second-order valence-corrected chi connectivity index (χ2v) is 5.37. The van der Waals surface area contributed by atoms with Crippen LogP contribution in [0.1, 0.15) is 24.1 Å². The number of benzene rings is 2. The van der Waals surface area contributed by atoms with Crippen LogP contribution in [0.2, 0.25) is 0 Å². The summed E-state index contributed by atoms with van der Waals surface area (Å²) in [6.45, 7) is 3.67. The zero-order valence-electron chi connectivity index (χ0n) is 10.8. The van der Waals surface area contributed by atoms with Gasteiger partial charge in [-0.05, 0) is 43.7 Å². The predicted octanol–water partition coefficient (Wildman–Crippen LogP) is 4.71. The van der Waals surface area contributed by atoms with Gasteiger partial charge < -0.3 is 10.5 Å². The molecule has 0 radical (unpaired) electrons. The molecule has 19 heavy (non-hydrogen) atoms. The van der Waals surface area contributed by atoms with Crippen molar-refractivity contribution in [2.75, 3.05) is 0 Å². The van der Waals surface area contributed by atoms with Crippen molar-refractivity contribution in [3.8, 4) is 11.5 Å². The van der Waals surface area contributed by atoms with E-state index in [0.29, 0.717) is 17.1 Å². The molecule has 100 valence electrons. The third-order valence-electron chi connectivity index (χ3n) is 2.84. The van der Waals surface area contributed by atoms with E-state index in [4.69, 9.17) is 10.5 Å². The van der Waals surface area contributed by atoms with E-state index in [9.17, 15) is 4.39 Å². The number of nitrogens with two attached hydrogens (primary N) is 1. The van der Waals surface area contributed by atoms with Crippen LogP contribution in [-0.2, 0) is 0 Å². The van der Waals surface area contributed by atoms with Gasteiger partial charge in [0.15, 0.2) is 0 Å². The van der Waals surface area contributed by atoms with Gasteiger partial charge in [0.1, 0.15) is 17.3 Å². The van der Waals surface area contributed by atoms with Gasteiger partial charge >= 0.3 is 0 Å². The summed E-state index contributed by atoms with van der Waals surface area (Å²) in [5.74, 6) is 0.790. The molecule has 0 aliphatic rings. The zero-order chi connectivity index (χ0) is 14.0. The van der Waals surface area contributed by atoms with Crippen molar-refractivity contribution in [1.82, 2.24) is 0 Å².